The number of morpholine rings is 1. The summed E-state index contributed by atoms with van der Waals surface area (Å²) in [7, 11) is -2.42. The van der Waals surface area contributed by atoms with Crippen molar-refractivity contribution in [1.29, 1.82) is 0 Å². The highest BCUT2D eigenvalue weighted by Gasteiger charge is 2.27. The normalized spacial score (nSPS) is 15.8. The number of rotatable bonds is 4. The monoisotopic (exact) mass is 314 g/mol. The van der Waals surface area contributed by atoms with Crippen molar-refractivity contribution >= 4 is 21.4 Å². The first-order valence-corrected chi connectivity index (χ1v) is 8.11. The summed E-state index contributed by atoms with van der Waals surface area (Å²) in [5.74, 6) is -0.880. The molecule has 2 rings (SSSR count). The lowest BCUT2D eigenvalue weighted by Gasteiger charge is -2.26. The van der Waals surface area contributed by atoms with Crippen LogP contribution >= 0.6 is 0 Å². The smallest absolute Gasteiger partial charge is 0.238 e. The summed E-state index contributed by atoms with van der Waals surface area (Å²) < 4.78 is 34.9. The van der Waals surface area contributed by atoms with E-state index < -0.39 is 21.5 Å². The van der Waals surface area contributed by atoms with Gasteiger partial charge in [0.25, 0.3) is 0 Å². The molecule has 0 unspecified atom stereocenters. The van der Waals surface area contributed by atoms with Crippen LogP contribution in [0, 0.1) is 0 Å². The average Bonchev–Trinajstić information content (AvgIpc) is 2.47. The molecule has 1 amide bonds. The molecule has 0 atom stereocenters. The summed E-state index contributed by atoms with van der Waals surface area (Å²) in [5, 5.41) is 0. The van der Waals surface area contributed by atoms with Crippen LogP contribution in [0.4, 0.5) is 5.69 Å². The number of hydrogen-bond donors (Lipinski definition) is 1. The molecule has 0 aliphatic carbocycles. The van der Waals surface area contributed by atoms with Gasteiger partial charge in [0.05, 0.1) is 20.3 Å². The van der Waals surface area contributed by atoms with Crippen LogP contribution in [0.5, 0.6) is 5.75 Å². The number of carbonyl (C=O) groups is 1. The number of nitrogens with zero attached hydrogens (tertiary/aromatic N) is 1. The first-order valence-electron chi connectivity index (χ1n) is 6.46. The second kappa shape index (κ2) is 6.31. The fourth-order valence-electron chi connectivity index (χ4n) is 2.09. The maximum absolute atomic E-state index is 12.4. The minimum Gasteiger partial charge on any atom is -0.495 e. The van der Waals surface area contributed by atoms with E-state index in [1.165, 1.54) is 30.2 Å². The summed E-state index contributed by atoms with van der Waals surface area (Å²) in [6, 6.07) is 4.25. The van der Waals surface area contributed by atoms with Crippen molar-refractivity contribution in [3.8, 4) is 5.75 Å². The molecule has 1 heterocycles. The maximum atomic E-state index is 12.4. The molecule has 1 aliphatic heterocycles. The Morgan fingerprint density at radius 3 is 2.67 bits per heavy atom. The number of sulfone groups is 1. The van der Waals surface area contributed by atoms with Crippen LogP contribution in [0.1, 0.15) is 0 Å². The number of carbonyl (C=O) groups excluding carboxylic acids is 1. The highest BCUT2D eigenvalue weighted by Crippen LogP contribution is 2.27. The minimum atomic E-state index is -3.78. The van der Waals surface area contributed by atoms with Gasteiger partial charge in [-0.05, 0) is 12.1 Å². The van der Waals surface area contributed by atoms with Crippen LogP contribution in [0.15, 0.2) is 23.1 Å². The lowest BCUT2D eigenvalue weighted by molar-refractivity contribution is -0.132. The van der Waals surface area contributed by atoms with Crippen LogP contribution in [0.2, 0.25) is 0 Å². The molecule has 7 nitrogen and oxygen atoms in total. The Bertz CT molecular complexity index is 623. The Balaban J connectivity index is 2.20. The largest absolute Gasteiger partial charge is 0.495 e. The van der Waals surface area contributed by atoms with E-state index in [0.29, 0.717) is 32.0 Å². The number of amides is 1. The fraction of sp³-hybridized carbons (Fsp3) is 0.462. The lowest BCUT2D eigenvalue weighted by atomic mass is 10.3. The molecule has 1 aromatic rings. The van der Waals surface area contributed by atoms with Crippen molar-refractivity contribution in [2.75, 3.05) is 44.9 Å². The van der Waals surface area contributed by atoms with E-state index in [-0.39, 0.29) is 10.6 Å². The topological polar surface area (TPSA) is 98.9 Å². The third-order valence-corrected chi connectivity index (χ3v) is 4.83. The first-order chi connectivity index (χ1) is 9.94. The van der Waals surface area contributed by atoms with Crippen molar-refractivity contribution in [1.82, 2.24) is 4.90 Å². The van der Waals surface area contributed by atoms with Crippen molar-refractivity contribution < 1.29 is 22.7 Å². The van der Waals surface area contributed by atoms with Gasteiger partial charge in [0, 0.05) is 24.8 Å². The predicted molar refractivity (Wildman–Crippen MR) is 76.9 cm³/mol. The molecule has 1 aromatic carbocycles. The number of methoxy groups -OCH3 is 1. The predicted octanol–water partition coefficient (Wildman–Crippen LogP) is -0.0901. The van der Waals surface area contributed by atoms with E-state index in [4.69, 9.17) is 15.2 Å². The SMILES string of the molecule is COc1cc(N)ccc1S(=O)(=O)CC(=O)N1CCOCC1. The number of nitrogens with two attached hydrogens (primary N) is 1. The molecule has 1 saturated heterocycles. The van der Waals surface area contributed by atoms with E-state index >= 15 is 0 Å². The standard InChI is InChI=1S/C13H18N2O5S/c1-19-11-8-10(14)2-3-12(11)21(17,18)9-13(16)15-4-6-20-7-5-15/h2-3,8H,4-7,9,14H2,1H3. The molecule has 0 radical (unpaired) electrons. The molecule has 0 saturated carbocycles. The Labute approximate surface area is 123 Å². The number of benzene rings is 1. The number of anilines is 1. The number of hydrogen-bond acceptors (Lipinski definition) is 6. The van der Waals surface area contributed by atoms with Gasteiger partial charge in [0.1, 0.15) is 16.4 Å². The van der Waals surface area contributed by atoms with E-state index in [9.17, 15) is 13.2 Å². The van der Waals surface area contributed by atoms with Gasteiger partial charge < -0.3 is 20.1 Å². The summed E-state index contributed by atoms with van der Waals surface area (Å²) >= 11 is 0. The van der Waals surface area contributed by atoms with E-state index in [0.717, 1.165) is 0 Å². The Morgan fingerprint density at radius 1 is 1.38 bits per heavy atom. The maximum Gasteiger partial charge on any atom is 0.238 e. The Kier molecular flexibility index (Phi) is 4.69. The van der Waals surface area contributed by atoms with E-state index in [2.05, 4.69) is 0 Å². The van der Waals surface area contributed by atoms with E-state index in [1.807, 2.05) is 0 Å². The molecular formula is C13H18N2O5S. The molecule has 2 N–H and O–H groups in total. The molecule has 116 valence electrons. The quantitative estimate of drug-likeness (QED) is 0.780. The second-order valence-electron chi connectivity index (χ2n) is 4.66. The molecule has 0 aromatic heterocycles. The van der Waals surface area contributed by atoms with Gasteiger partial charge in [-0.1, -0.05) is 0 Å². The van der Waals surface area contributed by atoms with Gasteiger partial charge in [-0.2, -0.15) is 0 Å². The summed E-state index contributed by atoms with van der Waals surface area (Å²) in [6.45, 7) is 1.68. The van der Waals surface area contributed by atoms with Gasteiger partial charge in [-0.3, -0.25) is 4.79 Å². The average molecular weight is 314 g/mol. The molecule has 1 fully saturated rings. The van der Waals surface area contributed by atoms with Gasteiger partial charge in [-0.15, -0.1) is 0 Å². The van der Waals surface area contributed by atoms with Gasteiger partial charge in [0.15, 0.2) is 9.84 Å². The zero-order chi connectivity index (χ0) is 15.5. The number of nitrogen functional groups attached to an aromatic ring is 1. The Morgan fingerprint density at radius 2 is 2.05 bits per heavy atom. The van der Waals surface area contributed by atoms with Crippen molar-refractivity contribution in [2.24, 2.45) is 0 Å². The van der Waals surface area contributed by atoms with Crippen molar-refractivity contribution in [2.45, 2.75) is 4.90 Å². The van der Waals surface area contributed by atoms with Gasteiger partial charge in [-0.25, -0.2) is 8.42 Å². The number of ether oxygens (including phenoxy) is 2. The third-order valence-electron chi connectivity index (χ3n) is 3.20. The third kappa shape index (κ3) is 3.64. The highest BCUT2D eigenvalue weighted by atomic mass is 32.2. The van der Waals surface area contributed by atoms with Crippen LogP contribution in [-0.2, 0) is 19.4 Å². The first kappa shape index (κ1) is 15.6. The molecule has 0 spiro atoms. The summed E-state index contributed by atoms with van der Waals surface area (Å²) in [5.41, 5.74) is 5.99. The van der Waals surface area contributed by atoms with E-state index in [1.54, 1.807) is 0 Å². The van der Waals surface area contributed by atoms with Crippen molar-refractivity contribution in [3.05, 3.63) is 18.2 Å². The molecule has 8 heteroatoms. The molecular weight excluding hydrogens is 296 g/mol. The summed E-state index contributed by atoms with van der Waals surface area (Å²) in [6.07, 6.45) is 0. The zero-order valence-corrected chi connectivity index (χ0v) is 12.6. The Hall–Kier alpha value is -1.80. The van der Waals surface area contributed by atoms with Crippen molar-refractivity contribution in [3.63, 3.8) is 0 Å². The fourth-order valence-corrected chi connectivity index (χ4v) is 3.47. The minimum absolute atomic E-state index is 0.0270. The van der Waals surface area contributed by atoms with Crippen LogP contribution in [-0.4, -0.2) is 58.4 Å². The molecule has 0 bridgehead atoms. The molecule has 21 heavy (non-hydrogen) atoms. The zero-order valence-electron chi connectivity index (χ0n) is 11.7. The van der Waals surface area contributed by atoms with Crippen LogP contribution < -0.4 is 10.5 Å². The summed E-state index contributed by atoms with van der Waals surface area (Å²) in [4.78, 5) is 13.5. The highest BCUT2D eigenvalue weighted by molar-refractivity contribution is 7.92. The second-order valence-corrected chi connectivity index (χ2v) is 6.62. The van der Waals surface area contributed by atoms with Crippen LogP contribution in [0.3, 0.4) is 0 Å². The van der Waals surface area contributed by atoms with Gasteiger partial charge >= 0.3 is 0 Å². The van der Waals surface area contributed by atoms with Gasteiger partial charge in [0.2, 0.25) is 5.91 Å². The lowest BCUT2D eigenvalue weighted by Crippen LogP contribution is -2.43. The van der Waals surface area contributed by atoms with Crippen LogP contribution in [0.25, 0.3) is 0 Å². The molecule has 1 aliphatic rings.